The van der Waals surface area contributed by atoms with Crippen LogP contribution in [0.25, 0.3) is 0 Å². The molecule has 2 heterocycles. The van der Waals surface area contributed by atoms with E-state index in [1.165, 1.54) is 11.1 Å². The van der Waals surface area contributed by atoms with Crippen LogP contribution in [0.15, 0.2) is 54.9 Å². The maximum Gasteiger partial charge on any atom is 0.0491 e. The zero-order chi connectivity index (χ0) is 12.9. The predicted octanol–water partition coefficient (Wildman–Crippen LogP) is 2.65. The Labute approximate surface area is 126 Å². The summed E-state index contributed by atoms with van der Waals surface area (Å²) >= 11 is 0. The second kappa shape index (κ2) is 7.39. The van der Waals surface area contributed by atoms with Gasteiger partial charge in [0.1, 0.15) is 0 Å². The zero-order valence-electron chi connectivity index (χ0n) is 11.4. The fraction of sp³-hybridized carbons (Fsp3) is 0.312. The Balaban J connectivity index is 0.00000147. The van der Waals surface area contributed by atoms with E-state index in [2.05, 4.69) is 51.6 Å². The second-order valence-corrected chi connectivity index (χ2v) is 4.96. The normalized spacial score (nSPS) is 19.3. The molecule has 2 aromatic rings. The van der Waals surface area contributed by atoms with Gasteiger partial charge >= 0.3 is 0 Å². The number of hydrogen-bond donors (Lipinski definition) is 1. The standard InChI is InChI=1S/C16H19N3.ClH/c1-2-5-14(6-3-1)13-19-10-9-18-12-16(19)15-7-4-8-17-11-15;/h1-8,11,16,18H,9-10,12-13H2;1H. The molecule has 0 amide bonds. The van der Waals surface area contributed by atoms with Gasteiger partial charge in [-0.1, -0.05) is 36.4 Å². The van der Waals surface area contributed by atoms with E-state index in [4.69, 9.17) is 0 Å². The van der Waals surface area contributed by atoms with Gasteiger partial charge in [0.25, 0.3) is 0 Å². The van der Waals surface area contributed by atoms with Crippen LogP contribution in [0.1, 0.15) is 17.2 Å². The van der Waals surface area contributed by atoms with Gasteiger partial charge < -0.3 is 5.32 Å². The number of piperazine rings is 1. The highest BCUT2D eigenvalue weighted by Gasteiger charge is 2.23. The maximum atomic E-state index is 4.25. The molecule has 1 aromatic carbocycles. The minimum absolute atomic E-state index is 0. The van der Waals surface area contributed by atoms with Gasteiger partial charge in [0.05, 0.1) is 0 Å². The molecule has 3 nitrogen and oxygen atoms in total. The van der Waals surface area contributed by atoms with Crippen molar-refractivity contribution in [2.45, 2.75) is 12.6 Å². The molecule has 1 saturated heterocycles. The van der Waals surface area contributed by atoms with Crippen LogP contribution in [0.3, 0.4) is 0 Å². The zero-order valence-corrected chi connectivity index (χ0v) is 12.2. The highest BCUT2D eigenvalue weighted by atomic mass is 35.5. The molecule has 0 spiro atoms. The summed E-state index contributed by atoms with van der Waals surface area (Å²) in [5.74, 6) is 0. The van der Waals surface area contributed by atoms with Crippen LogP contribution in [0, 0.1) is 0 Å². The smallest absolute Gasteiger partial charge is 0.0491 e. The molecule has 1 fully saturated rings. The van der Waals surface area contributed by atoms with E-state index in [-0.39, 0.29) is 12.4 Å². The molecule has 1 atom stereocenters. The Bertz CT molecular complexity index is 504. The Morgan fingerprint density at radius 3 is 2.75 bits per heavy atom. The molecule has 0 bridgehead atoms. The van der Waals surface area contributed by atoms with Gasteiger partial charge in [-0.25, -0.2) is 0 Å². The first-order chi connectivity index (χ1) is 9.43. The molecule has 0 aliphatic carbocycles. The van der Waals surface area contributed by atoms with Crippen LogP contribution in [0.4, 0.5) is 0 Å². The molecule has 1 aromatic heterocycles. The summed E-state index contributed by atoms with van der Waals surface area (Å²) in [4.78, 5) is 6.78. The van der Waals surface area contributed by atoms with Crippen molar-refractivity contribution in [3.63, 3.8) is 0 Å². The van der Waals surface area contributed by atoms with Crippen molar-refractivity contribution >= 4 is 12.4 Å². The summed E-state index contributed by atoms with van der Waals surface area (Å²) < 4.78 is 0. The highest BCUT2D eigenvalue weighted by molar-refractivity contribution is 5.85. The fourth-order valence-corrected chi connectivity index (χ4v) is 2.66. The minimum atomic E-state index is 0. The molecule has 106 valence electrons. The van der Waals surface area contributed by atoms with Gasteiger partial charge in [0.2, 0.25) is 0 Å². The lowest BCUT2D eigenvalue weighted by molar-refractivity contribution is 0.153. The molecular weight excluding hydrogens is 270 g/mol. The van der Waals surface area contributed by atoms with Gasteiger partial charge in [0.15, 0.2) is 0 Å². The quantitative estimate of drug-likeness (QED) is 0.941. The summed E-state index contributed by atoms with van der Waals surface area (Å²) in [6.07, 6.45) is 3.82. The summed E-state index contributed by atoms with van der Waals surface area (Å²) in [5.41, 5.74) is 2.67. The van der Waals surface area contributed by atoms with Crippen LogP contribution < -0.4 is 5.32 Å². The third-order valence-electron chi connectivity index (χ3n) is 3.65. The number of aromatic nitrogens is 1. The monoisotopic (exact) mass is 289 g/mol. The van der Waals surface area contributed by atoms with Crippen molar-refractivity contribution in [3.8, 4) is 0 Å². The van der Waals surface area contributed by atoms with E-state index >= 15 is 0 Å². The second-order valence-electron chi connectivity index (χ2n) is 4.96. The van der Waals surface area contributed by atoms with Crippen molar-refractivity contribution in [1.82, 2.24) is 15.2 Å². The van der Waals surface area contributed by atoms with Gasteiger partial charge in [-0.15, -0.1) is 12.4 Å². The molecule has 1 aliphatic heterocycles. The van der Waals surface area contributed by atoms with E-state index in [0.29, 0.717) is 6.04 Å². The lowest BCUT2D eigenvalue weighted by atomic mass is 10.0. The SMILES string of the molecule is Cl.c1ccc(CN2CCNCC2c2cccnc2)cc1. The lowest BCUT2D eigenvalue weighted by Gasteiger charge is -2.36. The van der Waals surface area contributed by atoms with Gasteiger partial charge in [0, 0.05) is 44.6 Å². The topological polar surface area (TPSA) is 28.2 Å². The summed E-state index contributed by atoms with van der Waals surface area (Å²) in [5, 5.41) is 3.48. The molecule has 4 heteroatoms. The van der Waals surface area contributed by atoms with E-state index < -0.39 is 0 Å². The largest absolute Gasteiger partial charge is 0.314 e. The molecule has 1 N–H and O–H groups in total. The first kappa shape index (κ1) is 15.0. The molecule has 0 saturated carbocycles. The molecule has 20 heavy (non-hydrogen) atoms. The number of hydrogen-bond acceptors (Lipinski definition) is 3. The number of nitrogens with one attached hydrogen (secondary N) is 1. The Kier molecular flexibility index (Phi) is 5.53. The highest BCUT2D eigenvalue weighted by Crippen LogP contribution is 2.23. The molecule has 3 rings (SSSR count). The third-order valence-corrected chi connectivity index (χ3v) is 3.65. The first-order valence-electron chi connectivity index (χ1n) is 6.82. The molecule has 1 aliphatic rings. The van der Waals surface area contributed by atoms with Crippen molar-refractivity contribution in [3.05, 3.63) is 66.0 Å². The summed E-state index contributed by atoms with van der Waals surface area (Å²) in [6, 6.07) is 15.3. The van der Waals surface area contributed by atoms with Crippen LogP contribution in [0.5, 0.6) is 0 Å². The molecule has 0 radical (unpaired) electrons. The van der Waals surface area contributed by atoms with Crippen molar-refractivity contribution in [2.24, 2.45) is 0 Å². The van der Waals surface area contributed by atoms with Crippen LogP contribution >= 0.6 is 12.4 Å². The fourth-order valence-electron chi connectivity index (χ4n) is 2.66. The summed E-state index contributed by atoms with van der Waals surface area (Å²) in [6.45, 7) is 4.14. The number of benzene rings is 1. The maximum absolute atomic E-state index is 4.25. The van der Waals surface area contributed by atoms with E-state index in [1.54, 1.807) is 0 Å². The van der Waals surface area contributed by atoms with E-state index in [0.717, 1.165) is 26.2 Å². The average molecular weight is 290 g/mol. The third kappa shape index (κ3) is 3.57. The Hall–Kier alpha value is -1.42. The van der Waals surface area contributed by atoms with E-state index in [1.807, 2.05) is 18.5 Å². The van der Waals surface area contributed by atoms with Crippen LogP contribution in [0.2, 0.25) is 0 Å². The molecule has 1 unspecified atom stereocenters. The van der Waals surface area contributed by atoms with Crippen LogP contribution in [-0.4, -0.2) is 29.5 Å². The first-order valence-corrected chi connectivity index (χ1v) is 6.82. The minimum Gasteiger partial charge on any atom is -0.314 e. The number of pyridine rings is 1. The number of rotatable bonds is 3. The predicted molar refractivity (Wildman–Crippen MR) is 83.9 cm³/mol. The van der Waals surface area contributed by atoms with E-state index in [9.17, 15) is 0 Å². The van der Waals surface area contributed by atoms with Crippen molar-refractivity contribution < 1.29 is 0 Å². The molecular formula is C16H20ClN3. The lowest BCUT2D eigenvalue weighted by Crippen LogP contribution is -2.45. The van der Waals surface area contributed by atoms with Gasteiger partial charge in [-0.3, -0.25) is 9.88 Å². The average Bonchev–Trinajstić information content (AvgIpc) is 2.50. The van der Waals surface area contributed by atoms with Gasteiger partial charge in [-0.2, -0.15) is 0 Å². The van der Waals surface area contributed by atoms with Crippen molar-refractivity contribution in [1.29, 1.82) is 0 Å². The van der Waals surface area contributed by atoms with Gasteiger partial charge in [-0.05, 0) is 17.2 Å². The Morgan fingerprint density at radius 1 is 1.15 bits per heavy atom. The Morgan fingerprint density at radius 2 is 2.00 bits per heavy atom. The number of nitrogens with zero attached hydrogens (tertiary/aromatic N) is 2. The summed E-state index contributed by atoms with van der Waals surface area (Å²) in [7, 11) is 0. The number of halogens is 1. The van der Waals surface area contributed by atoms with Crippen molar-refractivity contribution in [2.75, 3.05) is 19.6 Å². The van der Waals surface area contributed by atoms with Crippen LogP contribution in [-0.2, 0) is 6.54 Å².